The molecule has 0 fully saturated rings. The van der Waals surface area contributed by atoms with Crippen LogP contribution >= 0.6 is 0 Å². The fourth-order valence-electron chi connectivity index (χ4n) is 1.40. The molecule has 0 aliphatic carbocycles. The topological polar surface area (TPSA) is 44.8 Å². The van der Waals surface area contributed by atoms with E-state index in [0.717, 1.165) is 6.42 Å². The highest BCUT2D eigenvalue weighted by Gasteiger charge is 2.34. The number of hydrogen-bond acceptors (Lipinski definition) is 4. The molecule has 7 heteroatoms. The van der Waals surface area contributed by atoms with Crippen LogP contribution in [-0.2, 0) is 17.8 Å². The SMILES string of the molecule is C=C(C)C(=O)OCCC(C)[Si](O[Si](C)(C)C)O[Si](C)(C)C. The summed E-state index contributed by atoms with van der Waals surface area (Å²) >= 11 is 0. The summed E-state index contributed by atoms with van der Waals surface area (Å²) in [7, 11) is -4.63. The van der Waals surface area contributed by atoms with Gasteiger partial charge in [0.1, 0.15) is 0 Å². The number of esters is 1. The van der Waals surface area contributed by atoms with Crippen molar-refractivity contribution in [2.24, 2.45) is 0 Å². The van der Waals surface area contributed by atoms with Crippen molar-refractivity contribution in [2.45, 2.75) is 65.1 Å². The highest BCUT2D eigenvalue weighted by Crippen LogP contribution is 2.23. The number of hydrogen-bond donors (Lipinski definition) is 0. The summed E-state index contributed by atoms with van der Waals surface area (Å²) in [5, 5.41) is 0. The molecule has 0 saturated carbocycles. The van der Waals surface area contributed by atoms with Gasteiger partial charge in [-0.25, -0.2) is 4.79 Å². The minimum atomic E-state index is -1.64. The predicted molar refractivity (Wildman–Crippen MR) is 94.4 cm³/mol. The molecule has 0 aliphatic heterocycles. The molecule has 123 valence electrons. The summed E-state index contributed by atoms with van der Waals surface area (Å²) in [5.41, 5.74) is 0.719. The molecule has 0 rings (SSSR count). The molecule has 0 aromatic rings. The minimum absolute atomic E-state index is 0.284. The molecular formula is C14H31O4Si3. The maximum absolute atomic E-state index is 11.4. The van der Waals surface area contributed by atoms with E-state index in [1.807, 2.05) is 0 Å². The first kappa shape index (κ1) is 20.8. The Bertz CT molecular complexity index is 342. The van der Waals surface area contributed by atoms with Crippen LogP contribution in [0, 0.1) is 0 Å². The van der Waals surface area contributed by atoms with Crippen LogP contribution in [-0.4, -0.2) is 38.5 Å². The van der Waals surface area contributed by atoms with Crippen molar-refractivity contribution in [2.75, 3.05) is 6.61 Å². The molecule has 0 spiro atoms. The third-order valence-corrected chi connectivity index (χ3v) is 9.95. The van der Waals surface area contributed by atoms with Crippen LogP contribution < -0.4 is 0 Å². The zero-order valence-electron chi connectivity index (χ0n) is 14.8. The van der Waals surface area contributed by atoms with E-state index in [9.17, 15) is 4.79 Å². The molecule has 4 nitrogen and oxygen atoms in total. The van der Waals surface area contributed by atoms with Crippen LogP contribution in [0.3, 0.4) is 0 Å². The Morgan fingerprint density at radius 3 is 1.86 bits per heavy atom. The van der Waals surface area contributed by atoms with E-state index >= 15 is 0 Å². The second kappa shape index (κ2) is 8.42. The summed E-state index contributed by atoms with van der Waals surface area (Å²) in [6.07, 6.45) is 0.766. The van der Waals surface area contributed by atoms with Gasteiger partial charge in [-0.2, -0.15) is 0 Å². The van der Waals surface area contributed by atoms with Gasteiger partial charge in [0, 0.05) is 11.1 Å². The molecule has 1 atom stereocenters. The first-order valence-electron chi connectivity index (χ1n) is 7.39. The van der Waals surface area contributed by atoms with Crippen molar-refractivity contribution >= 4 is 31.9 Å². The molecule has 0 N–H and O–H groups in total. The van der Waals surface area contributed by atoms with Gasteiger partial charge in [0.25, 0.3) is 0 Å². The summed E-state index contributed by atoms with van der Waals surface area (Å²) in [6.45, 7) is 20.8. The molecule has 0 heterocycles. The van der Waals surface area contributed by atoms with Crippen molar-refractivity contribution < 1.29 is 17.8 Å². The molecular weight excluding hydrogens is 316 g/mol. The minimum Gasteiger partial charge on any atom is -0.462 e. The van der Waals surface area contributed by atoms with Gasteiger partial charge in [0.2, 0.25) is 0 Å². The molecule has 0 amide bonds. The molecule has 1 unspecified atom stereocenters. The van der Waals surface area contributed by atoms with Crippen molar-refractivity contribution in [3.05, 3.63) is 12.2 Å². The number of carbonyl (C=O) groups excluding carboxylic acids is 1. The van der Waals surface area contributed by atoms with E-state index in [1.165, 1.54) is 0 Å². The molecule has 0 aliphatic rings. The van der Waals surface area contributed by atoms with E-state index in [4.69, 9.17) is 13.0 Å². The normalized spacial score (nSPS) is 14.1. The number of rotatable bonds is 9. The Morgan fingerprint density at radius 1 is 1.10 bits per heavy atom. The van der Waals surface area contributed by atoms with Gasteiger partial charge in [0.05, 0.1) is 6.61 Å². The second-order valence-electron chi connectivity index (χ2n) is 7.35. The maximum atomic E-state index is 11.4. The van der Waals surface area contributed by atoms with Crippen LogP contribution in [0.2, 0.25) is 44.8 Å². The fourth-order valence-corrected chi connectivity index (χ4v) is 8.73. The van der Waals surface area contributed by atoms with Crippen molar-refractivity contribution in [1.29, 1.82) is 0 Å². The zero-order valence-corrected chi connectivity index (χ0v) is 17.8. The Hall–Kier alpha value is -0.219. The van der Waals surface area contributed by atoms with Gasteiger partial charge < -0.3 is 13.0 Å². The molecule has 21 heavy (non-hydrogen) atoms. The van der Waals surface area contributed by atoms with Crippen molar-refractivity contribution in [1.82, 2.24) is 0 Å². The first-order valence-corrected chi connectivity index (χ1v) is 15.6. The van der Waals surface area contributed by atoms with E-state index < -0.39 is 25.9 Å². The summed E-state index contributed by atoms with van der Waals surface area (Å²) < 4.78 is 17.7. The Kier molecular flexibility index (Phi) is 8.33. The average Bonchev–Trinajstić information content (AvgIpc) is 2.23. The lowest BCUT2D eigenvalue weighted by Crippen LogP contribution is -2.45. The number of carbonyl (C=O) groups is 1. The van der Waals surface area contributed by atoms with Crippen molar-refractivity contribution in [3.63, 3.8) is 0 Å². The maximum Gasteiger partial charge on any atom is 0.365 e. The highest BCUT2D eigenvalue weighted by molar-refractivity contribution is 6.81. The number of ether oxygens (including phenoxy) is 1. The zero-order chi connectivity index (χ0) is 16.8. The van der Waals surface area contributed by atoms with Gasteiger partial charge in [-0.15, -0.1) is 0 Å². The van der Waals surface area contributed by atoms with Crippen LogP contribution in [0.25, 0.3) is 0 Å². The largest absolute Gasteiger partial charge is 0.462 e. The molecule has 1 radical (unpaired) electrons. The van der Waals surface area contributed by atoms with Crippen LogP contribution in [0.4, 0.5) is 0 Å². The van der Waals surface area contributed by atoms with E-state index in [1.54, 1.807) is 6.92 Å². The smallest absolute Gasteiger partial charge is 0.365 e. The summed E-state index contributed by atoms with van der Waals surface area (Å²) in [6, 6.07) is 0. The lowest BCUT2D eigenvalue weighted by atomic mass is 10.3. The van der Waals surface area contributed by atoms with Crippen molar-refractivity contribution in [3.8, 4) is 0 Å². The second-order valence-corrected chi connectivity index (χ2v) is 19.1. The molecule has 0 bridgehead atoms. The third kappa shape index (κ3) is 11.1. The van der Waals surface area contributed by atoms with Gasteiger partial charge in [0.15, 0.2) is 16.6 Å². The predicted octanol–water partition coefficient (Wildman–Crippen LogP) is 4.08. The molecule has 0 aromatic heterocycles. The standard InChI is InChI=1S/C14H31O4Si3/c1-12(2)14(15)16-11-10-13(3)19(17-20(4,5)6)18-21(7,8)9/h13H,1,10-11H2,2-9H3. The third-order valence-electron chi connectivity index (χ3n) is 2.35. The van der Waals surface area contributed by atoms with Gasteiger partial charge in [-0.05, 0) is 52.6 Å². The average molecular weight is 348 g/mol. The molecule has 0 aromatic carbocycles. The highest BCUT2D eigenvalue weighted by atomic mass is 28.4. The first-order chi connectivity index (χ1) is 9.32. The van der Waals surface area contributed by atoms with Crippen LogP contribution in [0.15, 0.2) is 12.2 Å². The van der Waals surface area contributed by atoms with E-state index in [0.29, 0.717) is 12.2 Å². The lowest BCUT2D eigenvalue weighted by Gasteiger charge is -2.32. The van der Waals surface area contributed by atoms with E-state index in [2.05, 4.69) is 52.8 Å². The fraction of sp³-hybridized carbons (Fsp3) is 0.786. The Morgan fingerprint density at radius 2 is 1.52 bits per heavy atom. The Balaban J connectivity index is 4.54. The van der Waals surface area contributed by atoms with Gasteiger partial charge in [-0.1, -0.05) is 13.5 Å². The lowest BCUT2D eigenvalue weighted by molar-refractivity contribution is -0.139. The van der Waals surface area contributed by atoms with Gasteiger partial charge >= 0.3 is 15.3 Å². The van der Waals surface area contributed by atoms with Crippen LogP contribution in [0.5, 0.6) is 0 Å². The Labute approximate surface area is 134 Å². The summed E-state index contributed by atoms with van der Waals surface area (Å²) in [4.78, 5) is 11.4. The van der Waals surface area contributed by atoms with E-state index in [-0.39, 0.29) is 11.5 Å². The molecule has 0 saturated heterocycles. The van der Waals surface area contributed by atoms with Crippen LogP contribution in [0.1, 0.15) is 20.3 Å². The monoisotopic (exact) mass is 347 g/mol. The van der Waals surface area contributed by atoms with Gasteiger partial charge in [-0.3, -0.25) is 0 Å². The quantitative estimate of drug-likeness (QED) is 0.358. The summed E-state index contributed by atoms with van der Waals surface area (Å²) in [5.74, 6) is -0.326.